The summed E-state index contributed by atoms with van der Waals surface area (Å²) in [5.74, 6) is 0.209. The Bertz CT molecular complexity index is 421. The summed E-state index contributed by atoms with van der Waals surface area (Å²) < 4.78 is 11.0. The maximum absolute atomic E-state index is 12.4. The standard InChI is InChI=1S/C14H16O3/c15-13(11-5-7-16-9-11)14-12-4-2-1-3-10(12)6-8-17-14/h1-4,11,14H,5-9H2. The second-order valence-corrected chi connectivity index (χ2v) is 4.66. The molecule has 2 heterocycles. The van der Waals surface area contributed by atoms with Crippen molar-refractivity contribution in [1.29, 1.82) is 0 Å². The van der Waals surface area contributed by atoms with Crippen LogP contribution in [0.25, 0.3) is 0 Å². The fourth-order valence-electron chi connectivity index (χ4n) is 2.60. The highest BCUT2D eigenvalue weighted by atomic mass is 16.5. The molecule has 2 atom stereocenters. The molecule has 1 aromatic carbocycles. The average Bonchev–Trinajstić information content (AvgIpc) is 2.91. The first kappa shape index (κ1) is 10.9. The van der Waals surface area contributed by atoms with Crippen molar-refractivity contribution in [2.45, 2.75) is 18.9 Å². The molecule has 1 aromatic rings. The van der Waals surface area contributed by atoms with E-state index in [1.807, 2.05) is 18.2 Å². The minimum absolute atomic E-state index is 0.0196. The van der Waals surface area contributed by atoms with Gasteiger partial charge in [-0.25, -0.2) is 0 Å². The third-order valence-corrected chi connectivity index (χ3v) is 3.58. The lowest BCUT2D eigenvalue weighted by molar-refractivity contribution is -0.136. The van der Waals surface area contributed by atoms with Crippen molar-refractivity contribution in [2.24, 2.45) is 5.92 Å². The number of rotatable bonds is 2. The smallest absolute Gasteiger partial charge is 0.171 e. The van der Waals surface area contributed by atoms with Gasteiger partial charge in [0.25, 0.3) is 0 Å². The predicted octanol–water partition coefficient (Wildman–Crippen LogP) is 1.91. The second kappa shape index (κ2) is 4.59. The fraction of sp³-hybridized carbons (Fsp3) is 0.500. The van der Waals surface area contributed by atoms with Gasteiger partial charge in [0, 0.05) is 12.5 Å². The van der Waals surface area contributed by atoms with Gasteiger partial charge in [-0.2, -0.15) is 0 Å². The Morgan fingerprint density at radius 2 is 2.12 bits per heavy atom. The Kier molecular flexibility index (Phi) is 2.95. The molecule has 0 aliphatic carbocycles. The molecule has 0 radical (unpaired) electrons. The van der Waals surface area contributed by atoms with E-state index in [1.165, 1.54) is 5.56 Å². The highest BCUT2D eigenvalue weighted by Gasteiger charge is 2.34. The molecule has 0 bridgehead atoms. The predicted molar refractivity (Wildman–Crippen MR) is 62.8 cm³/mol. The molecule has 3 heteroatoms. The van der Waals surface area contributed by atoms with Gasteiger partial charge in [0.2, 0.25) is 0 Å². The Hall–Kier alpha value is -1.19. The summed E-state index contributed by atoms with van der Waals surface area (Å²) in [6.45, 7) is 1.90. The maximum atomic E-state index is 12.4. The minimum atomic E-state index is -0.369. The second-order valence-electron chi connectivity index (χ2n) is 4.66. The number of hydrogen-bond donors (Lipinski definition) is 0. The molecule has 3 rings (SSSR count). The van der Waals surface area contributed by atoms with E-state index in [9.17, 15) is 4.79 Å². The monoisotopic (exact) mass is 232 g/mol. The molecule has 2 unspecified atom stereocenters. The Morgan fingerprint density at radius 1 is 1.24 bits per heavy atom. The van der Waals surface area contributed by atoms with Crippen LogP contribution in [0.15, 0.2) is 24.3 Å². The van der Waals surface area contributed by atoms with Crippen LogP contribution >= 0.6 is 0 Å². The first-order chi connectivity index (χ1) is 8.36. The quantitative estimate of drug-likeness (QED) is 0.781. The molecule has 17 heavy (non-hydrogen) atoms. The fourth-order valence-corrected chi connectivity index (χ4v) is 2.60. The van der Waals surface area contributed by atoms with Gasteiger partial charge < -0.3 is 9.47 Å². The van der Waals surface area contributed by atoms with E-state index in [1.54, 1.807) is 0 Å². The third kappa shape index (κ3) is 2.01. The summed E-state index contributed by atoms with van der Waals surface area (Å²) in [4.78, 5) is 12.4. The topological polar surface area (TPSA) is 35.5 Å². The minimum Gasteiger partial charge on any atom is -0.381 e. The van der Waals surface area contributed by atoms with Gasteiger partial charge in [-0.3, -0.25) is 4.79 Å². The lowest BCUT2D eigenvalue weighted by Crippen LogP contribution is -2.28. The highest BCUT2D eigenvalue weighted by Crippen LogP contribution is 2.31. The zero-order chi connectivity index (χ0) is 11.7. The molecular formula is C14H16O3. The number of ether oxygens (including phenoxy) is 2. The van der Waals surface area contributed by atoms with Crippen molar-refractivity contribution >= 4 is 5.78 Å². The average molecular weight is 232 g/mol. The van der Waals surface area contributed by atoms with E-state index < -0.39 is 0 Å². The lowest BCUT2D eigenvalue weighted by atomic mass is 9.89. The zero-order valence-electron chi connectivity index (χ0n) is 9.72. The normalized spacial score (nSPS) is 27.8. The molecule has 0 N–H and O–H groups in total. The summed E-state index contributed by atoms with van der Waals surface area (Å²) in [5.41, 5.74) is 2.30. The van der Waals surface area contributed by atoms with Crippen LogP contribution in [-0.2, 0) is 20.7 Å². The summed E-state index contributed by atoms with van der Waals surface area (Å²) in [5, 5.41) is 0. The molecule has 0 saturated carbocycles. The number of fused-ring (bicyclic) bond motifs is 1. The van der Waals surface area contributed by atoms with E-state index in [-0.39, 0.29) is 17.8 Å². The van der Waals surface area contributed by atoms with Gasteiger partial charge >= 0.3 is 0 Å². The van der Waals surface area contributed by atoms with Gasteiger partial charge in [-0.1, -0.05) is 24.3 Å². The molecule has 0 spiro atoms. The number of ketones is 1. The van der Waals surface area contributed by atoms with Gasteiger partial charge in [-0.15, -0.1) is 0 Å². The molecule has 2 aliphatic rings. The Morgan fingerprint density at radius 3 is 2.94 bits per heavy atom. The molecule has 0 amide bonds. The van der Waals surface area contributed by atoms with Crippen LogP contribution in [0, 0.1) is 5.92 Å². The maximum Gasteiger partial charge on any atom is 0.171 e. The molecule has 2 aliphatic heterocycles. The van der Waals surface area contributed by atoms with Crippen molar-refractivity contribution in [3.8, 4) is 0 Å². The highest BCUT2D eigenvalue weighted by molar-refractivity contribution is 5.87. The van der Waals surface area contributed by atoms with Crippen molar-refractivity contribution < 1.29 is 14.3 Å². The number of benzene rings is 1. The summed E-state index contributed by atoms with van der Waals surface area (Å²) in [6.07, 6.45) is 1.37. The van der Waals surface area contributed by atoms with E-state index in [0.717, 1.165) is 18.4 Å². The van der Waals surface area contributed by atoms with Crippen LogP contribution in [0.2, 0.25) is 0 Å². The van der Waals surface area contributed by atoms with Gasteiger partial charge in [-0.05, 0) is 24.0 Å². The molecular weight excluding hydrogens is 216 g/mol. The molecule has 0 aromatic heterocycles. The van der Waals surface area contributed by atoms with Crippen LogP contribution in [0.3, 0.4) is 0 Å². The van der Waals surface area contributed by atoms with Crippen molar-refractivity contribution in [3.63, 3.8) is 0 Å². The Labute approximate surface area is 101 Å². The molecule has 1 fully saturated rings. The number of Topliss-reactive ketones (excluding diaryl/α,β-unsaturated/α-hetero) is 1. The van der Waals surface area contributed by atoms with Crippen LogP contribution in [0.1, 0.15) is 23.7 Å². The van der Waals surface area contributed by atoms with E-state index in [2.05, 4.69) is 6.07 Å². The largest absolute Gasteiger partial charge is 0.381 e. The van der Waals surface area contributed by atoms with Gasteiger partial charge in [0.15, 0.2) is 5.78 Å². The lowest BCUT2D eigenvalue weighted by Gasteiger charge is -2.26. The number of carbonyl (C=O) groups excluding carboxylic acids is 1. The first-order valence-electron chi connectivity index (χ1n) is 6.17. The van der Waals surface area contributed by atoms with Crippen molar-refractivity contribution in [2.75, 3.05) is 19.8 Å². The van der Waals surface area contributed by atoms with Crippen molar-refractivity contribution in [3.05, 3.63) is 35.4 Å². The number of hydrogen-bond acceptors (Lipinski definition) is 3. The van der Waals surface area contributed by atoms with Crippen LogP contribution in [-0.4, -0.2) is 25.6 Å². The van der Waals surface area contributed by atoms with Gasteiger partial charge in [0.1, 0.15) is 6.10 Å². The summed E-state index contributed by atoms with van der Waals surface area (Å²) in [6, 6.07) is 8.08. The summed E-state index contributed by atoms with van der Waals surface area (Å²) >= 11 is 0. The van der Waals surface area contributed by atoms with E-state index in [4.69, 9.17) is 9.47 Å². The zero-order valence-corrected chi connectivity index (χ0v) is 9.72. The number of carbonyl (C=O) groups is 1. The first-order valence-corrected chi connectivity index (χ1v) is 6.17. The van der Waals surface area contributed by atoms with Crippen LogP contribution < -0.4 is 0 Å². The van der Waals surface area contributed by atoms with E-state index >= 15 is 0 Å². The third-order valence-electron chi connectivity index (χ3n) is 3.58. The SMILES string of the molecule is O=C(C1CCOC1)C1OCCc2ccccc21. The molecule has 90 valence electrons. The Balaban J connectivity index is 1.86. The van der Waals surface area contributed by atoms with Crippen molar-refractivity contribution in [1.82, 2.24) is 0 Å². The molecule has 3 nitrogen and oxygen atoms in total. The van der Waals surface area contributed by atoms with Gasteiger partial charge in [0.05, 0.1) is 13.2 Å². The molecule has 1 saturated heterocycles. The van der Waals surface area contributed by atoms with Crippen LogP contribution in [0.4, 0.5) is 0 Å². The van der Waals surface area contributed by atoms with Crippen LogP contribution in [0.5, 0.6) is 0 Å². The van der Waals surface area contributed by atoms with E-state index in [0.29, 0.717) is 19.8 Å². The summed E-state index contributed by atoms with van der Waals surface area (Å²) in [7, 11) is 0.